The van der Waals surface area contributed by atoms with Crippen molar-refractivity contribution < 1.29 is 4.79 Å². The third-order valence-corrected chi connectivity index (χ3v) is 3.34. The molecule has 0 amide bonds. The lowest BCUT2D eigenvalue weighted by molar-refractivity contribution is 0.0959. The van der Waals surface area contributed by atoms with Gasteiger partial charge in [-0.15, -0.1) is 0 Å². The molecule has 1 aromatic rings. The van der Waals surface area contributed by atoms with E-state index >= 15 is 0 Å². The van der Waals surface area contributed by atoms with Crippen molar-refractivity contribution in [3.05, 3.63) is 35.4 Å². The molecule has 2 heteroatoms. The third kappa shape index (κ3) is 1.35. The minimum absolute atomic E-state index is 0.171. The van der Waals surface area contributed by atoms with Crippen molar-refractivity contribution >= 4 is 5.78 Å². The van der Waals surface area contributed by atoms with Gasteiger partial charge in [0.2, 0.25) is 0 Å². The van der Waals surface area contributed by atoms with Crippen LogP contribution in [0.1, 0.15) is 42.1 Å². The first-order valence-electron chi connectivity index (χ1n) is 5.27. The van der Waals surface area contributed by atoms with E-state index in [9.17, 15) is 10.1 Å². The number of fused-ring (bicyclic) bond motifs is 1. The molecule has 0 saturated heterocycles. The molecule has 0 bridgehead atoms. The summed E-state index contributed by atoms with van der Waals surface area (Å²) < 4.78 is 0. The van der Waals surface area contributed by atoms with E-state index in [2.05, 4.69) is 6.07 Å². The fourth-order valence-corrected chi connectivity index (χ4v) is 2.30. The number of carbonyl (C=O) groups is 1. The molecule has 0 aliphatic heterocycles. The molecular weight excluding hydrogens is 186 g/mol. The first-order valence-corrected chi connectivity index (χ1v) is 5.27. The topological polar surface area (TPSA) is 40.9 Å². The number of ketones is 1. The maximum atomic E-state index is 11.7. The highest BCUT2D eigenvalue weighted by molar-refractivity contribution is 5.99. The van der Waals surface area contributed by atoms with E-state index in [1.807, 2.05) is 31.2 Å². The number of benzene rings is 1. The molecule has 1 atom stereocenters. The van der Waals surface area contributed by atoms with Crippen LogP contribution < -0.4 is 0 Å². The lowest BCUT2D eigenvalue weighted by atomic mass is 9.69. The van der Waals surface area contributed by atoms with Crippen molar-refractivity contribution in [3.63, 3.8) is 0 Å². The Labute approximate surface area is 89.5 Å². The number of nitriles is 1. The summed E-state index contributed by atoms with van der Waals surface area (Å²) in [6.07, 6.45) is 1.93. The number of nitrogens with zero attached hydrogens (tertiary/aromatic N) is 1. The number of Topliss-reactive ketones (excluding diaryl/α,β-unsaturated/α-hetero) is 1. The maximum Gasteiger partial charge on any atom is 0.163 e. The minimum atomic E-state index is -0.440. The quantitative estimate of drug-likeness (QED) is 0.697. The summed E-state index contributed by atoms with van der Waals surface area (Å²) in [7, 11) is 0. The molecule has 1 aromatic carbocycles. The van der Waals surface area contributed by atoms with Crippen molar-refractivity contribution in [1.82, 2.24) is 0 Å². The molecule has 1 aliphatic carbocycles. The van der Waals surface area contributed by atoms with Crippen LogP contribution in [-0.2, 0) is 5.41 Å². The molecule has 1 aliphatic rings. The van der Waals surface area contributed by atoms with Crippen LogP contribution in [0.3, 0.4) is 0 Å². The Morgan fingerprint density at radius 2 is 2.20 bits per heavy atom. The monoisotopic (exact) mass is 199 g/mol. The summed E-state index contributed by atoms with van der Waals surface area (Å²) in [5.74, 6) is 0.171. The number of rotatable bonds is 1. The molecule has 0 heterocycles. The smallest absolute Gasteiger partial charge is 0.163 e. The van der Waals surface area contributed by atoms with Crippen molar-refractivity contribution in [2.75, 3.05) is 0 Å². The minimum Gasteiger partial charge on any atom is -0.294 e. The van der Waals surface area contributed by atoms with Crippen molar-refractivity contribution in [3.8, 4) is 6.07 Å². The van der Waals surface area contributed by atoms with E-state index in [1.54, 1.807) is 0 Å². The van der Waals surface area contributed by atoms with Crippen LogP contribution in [0.5, 0.6) is 0 Å². The second kappa shape index (κ2) is 3.51. The van der Waals surface area contributed by atoms with E-state index in [1.165, 1.54) is 0 Å². The fourth-order valence-electron chi connectivity index (χ4n) is 2.30. The predicted octanol–water partition coefficient (Wildman–Crippen LogP) is 2.83. The van der Waals surface area contributed by atoms with E-state index in [4.69, 9.17) is 0 Å². The van der Waals surface area contributed by atoms with Gasteiger partial charge < -0.3 is 0 Å². The molecule has 1 unspecified atom stereocenters. The van der Waals surface area contributed by atoms with Crippen LogP contribution in [0, 0.1) is 11.3 Å². The molecule has 2 nitrogen and oxygen atoms in total. The molecule has 0 aromatic heterocycles. The second-order valence-corrected chi connectivity index (χ2v) is 4.02. The summed E-state index contributed by atoms with van der Waals surface area (Å²) in [5, 5.41) is 9.31. The normalized spacial score (nSPS) is 24.4. The average molecular weight is 199 g/mol. The SMILES string of the molecule is CCC1(C#N)CCC(=O)c2ccccc21. The Balaban J connectivity index is 2.64. The second-order valence-electron chi connectivity index (χ2n) is 4.02. The molecule has 0 fully saturated rings. The molecule has 0 saturated carbocycles. The Morgan fingerprint density at radius 1 is 1.47 bits per heavy atom. The van der Waals surface area contributed by atoms with Gasteiger partial charge in [0.05, 0.1) is 11.5 Å². The summed E-state index contributed by atoms with van der Waals surface area (Å²) in [4.78, 5) is 11.7. The third-order valence-electron chi connectivity index (χ3n) is 3.34. The Kier molecular flexibility index (Phi) is 2.32. The van der Waals surface area contributed by atoms with Crippen LogP contribution in [0.25, 0.3) is 0 Å². The Hall–Kier alpha value is -1.62. The average Bonchev–Trinajstić information content (AvgIpc) is 2.31. The Morgan fingerprint density at radius 3 is 2.87 bits per heavy atom. The fraction of sp³-hybridized carbons (Fsp3) is 0.385. The van der Waals surface area contributed by atoms with Crippen molar-refractivity contribution in [1.29, 1.82) is 5.26 Å². The van der Waals surface area contributed by atoms with E-state index in [-0.39, 0.29) is 5.78 Å². The zero-order chi connectivity index (χ0) is 10.9. The molecule has 2 rings (SSSR count). The van der Waals surface area contributed by atoms with Gasteiger partial charge in [0.15, 0.2) is 5.78 Å². The highest BCUT2D eigenvalue weighted by Gasteiger charge is 2.37. The van der Waals surface area contributed by atoms with Crippen LogP contribution in [0.2, 0.25) is 0 Å². The van der Waals surface area contributed by atoms with Crippen LogP contribution >= 0.6 is 0 Å². The van der Waals surface area contributed by atoms with Gasteiger partial charge >= 0.3 is 0 Å². The predicted molar refractivity (Wildman–Crippen MR) is 57.6 cm³/mol. The van der Waals surface area contributed by atoms with Gasteiger partial charge in [0.25, 0.3) is 0 Å². The Bertz CT molecular complexity index is 444. The van der Waals surface area contributed by atoms with E-state index < -0.39 is 5.41 Å². The van der Waals surface area contributed by atoms with Gasteiger partial charge in [-0.3, -0.25) is 4.79 Å². The lowest BCUT2D eigenvalue weighted by Crippen LogP contribution is -2.31. The summed E-state index contributed by atoms with van der Waals surface area (Å²) >= 11 is 0. The van der Waals surface area contributed by atoms with Gasteiger partial charge in [-0.2, -0.15) is 5.26 Å². The highest BCUT2D eigenvalue weighted by Crippen LogP contribution is 2.39. The van der Waals surface area contributed by atoms with E-state index in [0.29, 0.717) is 12.8 Å². The van der Waals surface area contributed by atoms with Gasteiger partial charge in [-0.1, -0.05) is 31.2 Å². The molecule has 0 radical (unpaired) electrons. The largest absolute Gasteiger partial charge is 0.294 e. The number of hydrogen-bond donors (Lipinski definition) is 0. The number of hydrogen-bond acceptors (Lipinski definition) is 2. The zero-order valence-corrected chi connectivity index (χ0v) is 8.79. The van der Waals surface area contributed by atoms with Crippen LogP contribution in [0.4, 0.5) is 0 Å². The van der Waals surface area contributed by atoms with Gasteiger partial charge in [-0.05, 0) is 18.4 Å². The van der Waals surface area contributed by atoms with Gasteiger partial charge in [0.1, 0.15) is 0 Å². The van der Waals surface area contributed by atoms with E-state index in [0.717, 1.165) is 17.5 Å². The van der Waals surface area contributed by atoms with Crippen molar-refractivity contribution in [2.45, 2.75) is 31.6 Å². The maximum absolute atomic E-state index is 11.7. The van der Waals surface area contributed by atoms with Gasteiger partial charge in [0, 0.05) is 12.0 Å². The summed E-state index contributed by atoms with van der Waals surface area (Å²) in [6, 6.07) is 9.90. The molecule has 15 heavy (non-hydrogen) atoms. The molecule has 0 spiro atoms. The highest BCUT2D eigenvalue weighted by atomic mass is 16.1. The number of carbonyl (C=O) groups excluding carboxylic acids is 1. The van der Waals surface area contributed by atoms with Crippen LogP contribution in [-0.4, -0.2) is 5.78 Å². The van der Waals surface area contributed by atoms with Crippen molar-refractivity contribution in [2.24, 2.45) is 0 Å². The summed E-state index contributed by atoms with van der Waals surface area (Å²) in [6.45, 7) is 2.01. The molecule has 76 valence electrons. The first-order chi connectivity index (χ1) is 7.23. The van der Waals surface area contributed by atoms with Crippen LogP contribution in [0.15, 0.2) is 24.3 Å². The lowest BCUT2D eigenvalue weighted by Gasteiger charge is -2.31. The van der Waals surface area contributed by atoms with Gasteiger partial charge in [-0.25, -0.2) is 0 Å². The molecular formula is C13H13NO. The zero-order valence-electron chi connectivity index (χ0n) is 8.79. The summed E-state index contributed by atoms with van der Waals surface area (Å²) in [5.41, 5.74) is 1.23. The first kappa shape index (κ1) is 9.92. The standard InChI is InChI=1S/C13H13NO/c1-2-13(9-14)8-7-12(15)10-5-3-4-6-11(10)13/h3-6H,2,7-8H2,1H3. The molecule has 0 N–H and O–H groups in total.